The van der Waals surface area contributed by atoms with Crippen LogP contribution in [0.5, 0.6) is 5.75 Å². The van der Waals surface area contributed by atoms with Gasteiger partial charge in [0.05, 0.1) is 11.8 Å². The Morgan fingerprint density at radius 3 is 2.00 bits per heavy atom. The Hall–Kier alpha value is -2.49. The predicted octanol–water partition coefficient (Wildman–Crippen LogP) is 3.83. The van der Waals surface area contributed by atoms with Crippen LogP contribution in [0.15, 0.2) is 53.5 Å². The van der Waals surface area contributed by atoms with E-state index in [9.17, 15) is 0 Å². The van der Waals surface area contributed by atoms with Crippen LogP contribution in [0.3, 0.4) is 0 Å². The fraction of sp³-hybridized carbons (Fsp3) is 0.381. The summed E-state index contributed by atoms with van der Waals surface area (Å²) in [6.45, 7) is 6.07. The van der Waals surface area contributed by atoms with Crippen molar-refractivity contribution in [1.29, 1.82) is 0 Å². The topological polar surface area (TPSA) is 45.6 Å². The van der Waals surface area contributed by atoms with Gasteiger partial charge < -0.3 is 15.4 Å². The highest BCUT2D eigenvalue weighted by Gasteiger charge is 2.04. The lowest BCUT2D eigenvalue weighted by atomic mass is 10.0. The maximum absolute atomic E-state index is 5.68. The van der Waals surface area contributed by atoms with Gasteiger partial charge in [0.1, 0.15) is 5.75 Å². The van der Waals surface area contributed by atoms with Crippen molar-refractivity contribution < 1.29 is 4.74 Å². The van der Waals surface area contributed by atoms with Crippen LogP contribution >= 0.6 is 0 Å². The van der Waals surface area contributed by atoms with Gasteiger partial charge in [-0.05, 0) is 68.5 Å². The van der Waals surface area contributed by atoms with Crippen LogP contribution in [-0.4, -0.2) is 25.2 Å². The Labute approximate surface area is 150 Å². The minimum Gasteiger partial charge on any atom is -0.491 e. The molecule has 0 radical (unpaired) electrons. The molecule has 1 aliphatic heterocycles. The van der Waals surface area contributed by atoms with Crippen LogP contribution in [0.1, 0.15) is 31.4 Å². The molecular weight excluding hydrogens is 310 g/mol. The van der Waals surface area contributed by atoms with Crippen molar-refractivity contribution in [2.45, 2.75) is 39.2 Å². The predicted molar refractivity (Wildman–Crippen MR) is 104 cm³/mol. The van der Waals surface area contributed by atoms with Crippen LogP contribution in [0.2, 0.25) is 0 Å². The van der Waals surface area contributed by atoms with Crippen molar-refractivity contribution in [3.8, 4) is 5.75 Å². The number of ether oxygens (including phenoxy) is 1. The molecule has 4 heteroatoms. The molecule has 2 aromatic carbocycles. The normalized spacial score (nSPS) is 14.0. The van der Waals surface area contributed by atoms with Crippen molar-refractivity contribution in [3.05, 3.63) is 59.7 Å². The molecule has 2 N–H and O–H groups in total. The van der Waals surface area contributed by atoms with Gasteiger partial charge in [0, 0.05) is 13.1 Å². The number of benzene rings is 2. The first-order chi connectivity index (χ1) is 12.2. The first kappa shape index (κ1) is 17.3. The van der Waals surface area contributed by atoms with Gasteiger partial charge in [-0.3, -0.25) is 0 Å². The molecule has 25 heavy (non-hydrogen) atoms. The number of guanidine groups is 1. The van der Waals surface area contributed by atoms with Gasteiger partial charge in [-0.2, -0.15) is 0 Å². The van der Waals surface area contributed by atoms with Crippen molar-refractivity contribution in [3.63, 3.8) is 0 Å². The summed E-state index contributed by atoms with van der Waals surface area (Å²) in [5, 5.41) is 6.55. The summed E-state index contributed by atoms with van der Waals surface area (Å²) in [6, 6.07) is 16.9. The highest BCUT2D eigenvalue weighted by atomic mass is 16.5. The second kappa shape index (κ2) is 8.56. The largest absolute Gasteiger partial charge is 0.491 e. The zero-order valence-corrected chi connectivity index (χ0v) is 15.1. The van der Waals surface area contributed by atoms with Crippen LogP contribution in [0.25, 0.3) is 0 Å². The number of nitrogens with one attached hydrogen (secondary N) is 2. The SMILES string of the molecule is CC(C)Oc1ccc(CCc2ccc(N=C3NCCCN3)cc2)cc1. The summed E-state index contributed by atoms with van der Waals surface area (Å²) in [7, 11) is 0. The van der Waals surface area contributed by atoms with E-state index >= 15 is 0 Å². The van der Waals surface area contributed by atoms with E-state index in [2.05, 4.69) is 64.2 Å². The van der Waals surface area contributed by atoms with Crippen LogP contribution in [-0.2, 0) is 12.8 Å². The maximum atomic E-state index is 5.68. The molecule has 132 valence electrons. The minimum atomic E-state index is 0.215. The highest BCUT2D eigenvalue weighted by Crippen LogP contribution is 2.17. The van der Waals surface area contributed by atoms with Crippen LogP contribution < -0.4 is 15.4 Å². The van der Waals surface area contributed by atoms with E-state index in [1.54, 1.807) is 0 Å². The van der Waals surface area contributed by atoms with Crippen molar-refractivity contribution in [2.75, 3.05) is 13.1 Å². The minimum absolute atomic E-state index is 0.215. The van der Waals surface area contributed by atoms with E-state index in [4.69, 9.17) is 4.74 Å². The zero-order valence-electron chi connectivity index (χ0n) is 15.1. The Kier molecular flexibility index (Phi) is 5.94. The third kappa shape index (κ3) is 5.52. The van der Waals surface area contributed by atoms with Gasteiger partial charge in [0.2, 0.25) is 0 Å². The zero-order chi connectivity index (χ0) is 17.5. The fourth-order valence-corrected chi connectivity index (χ4v) is 2.81. The van der Waals surface area contributed by atoms with E-state index in [1.807, 2.05) is 13.8 Å². The maximum Gasteiger partial charge on any atom is 0.196 e. The van der Waals surface area contributed by atoms with Gasteiger partial charge in [-0.15, -0.1) is 0 Å². The van der Waals surface area contributed by atoms with Gasteiger partial charge in [0.25, 0.3) is 0 Å². The molecule has 0 atom stereocenters. The summed E-state index contributed by atoms with van der Waals surface area (Å²) >= 11 is 0. The smallest absolute Gasteiger partial charge is 0.196 e. The first-order valence-electron chi connectivity index (χ1n) is 9.10. The second-order valence-corrected chi connectivity index (χ2v) is 6.64. The van der Waals surface area contributed by atoms with E-state index in [0.29, 0.717) is 0 Å². The molecule has 0 aliphatic carbocycles. The average Bonchev–Trinajstić information content (AvgIpc) is 2.63. The van der Waals surface area contributed by atoms with Gasteiger partial charge >= 0.3 is 0 Å². The fourth-order valence-electron chi connectivity index (χ4n) is 2.81. The Bertz CT molecular complexity index is 682. The molecule has 0 saturated carbocycles. The van der Waals surface area contributed by atoms with E-state index in [0.717, 1.165) is 49.7 Å². The molecule has 1 saturated heterocycles. The van der Waals surface area contributed by atoms with Crippen molar-refractivity contribution >= 4 is 11.6 Å². The molecule has 4 nitrogen and oxygen atoms in total. The standard InChI is InChI=1S/C21H27N3O/c1-16(2)25-20-12-8-18(9-13-20)5-4-17-6-10-19(11-7-17)24-21-22-14-3-15-23-21/h6-13,16H,3-5,14-15H2,1-2H3,(H2,22,23,24). The Morgan fingerprint density at radius 2 is 1.44 bits per heavy atom. The Morgan fingerprint density at radius 1 is 0.880 bits per heavy atom. The van der Waals surface area contributed by atoms with Gasteiger partial charge in [-0.1, -0.05) is 24.3 Å². The number of hydrogen-bond donors (Lipinski definition) is 2. The summed E-state index contributed by atoms with van der Waals surface area (Å²) in [5.41, 5.74) is 3.64. The van der Waals surface area contributed by atoms with E-state index in [1.165, 1.54) is 11.1 Å². The third-order valence-corrected chi connectivity index (χ3v) is 4.11. The molecule has 0 bridgehead atoms. The molecule has 0 aromatic heterocycles. The van der Waals surface area contributed by atoms with Crippen LogP contribution in [0, 0.1) is 0 Å². The second-order valence-electron chi connectivity index (χ2n) is 6.64. The molecular formula is C21H27N3O. The lowest BCUT2D eigenvalue weighted by Crippen LogP contribution is -2.43. The molecule has 1 fully saturated rings. The molecule has 2 aromatic rings. The number of aliphatic imine (C=N–C) groups is 1. The number of hydrogen-bond acceptors (Lipinski definition) is 2. The molecule has 0 amide bonds. The first-order valence-corrected chi connectivity index (χ1v) is 9.10. The quantitative estimate of drug-likeness (QED) is 0.842. The molecule has 0 spiro atoms. The highest BCUT2D eigenvalue weighted by molar-refractivity contribution is 5.83. The molecule has 3 rings (SSSR count). The van der Waals surface area contributed by atoms with Gasteiger partial charge in [0.15, 0.2) is 5.96 Å². The summed E-state index contributed by atoms with van der Waals surface area (Å²) in [4.78, 5) is 4.59. The van der Waals surface area contributed by atoms with Gasteiger partial charge in [-0.25, -0.2) is 4.99 Å². The lowest BCUT2D eigenvalue weighted by molar-refractivity contribution is 0.242. The summed E-state index contributed by atoms with van der Waals surface area (Å²) in [5.74, 6) is 1.81. The monoisotopic (exact) mass is 337 g/mol. The lowest BCUT2D eigenvalue weighted by Gasteiger charge is -2.17. The Balaban J connectivity index is 1.53. The molecule has 1 heterocycles. The number of rotatable bonds is 6. The average molecular weight is 337 g/mol. The van der Waals surface area contributed by atoms with E-state index in [-0.39, 0.29) is 6.10 Å². The van der Waals surface area contributed by atoms with Crippen molar-refractivity contribution in [2.24, 2.45) is 4.99 Å². The van der Waals surface area contributed by atoms with Crippen molar-refractivity contribution in [1.82, 2.24) is 10.6 Å². The van der Waals surface area contributed by atoms with Crippen LogP contribution in [0.4, 0.5) is 5.69 Å². The molecule has 1 aliphatic rings. The molecule has 0 unspecified atom stereocenters. The number of nitrogens with zero attached hydrogens (tertiary/aromatic N) is 1. The third-order valence-electron chi connectivity index (χ3n) is 4.11. The summed E-state index contributed by atoms with van der Waals surface area (Å²) < 4.78 is 5.68. The van der Waals surface area contributed by atoms with E-state index < -0.39 is 0 Å². The number of aryl methyl sites for hydroxylation is 2. The summed E-state index contributed by atoms with van der Waals surface area (Å²) in [6.07, 6.45) is 3.41.